The predicted molar refractivity (Wildman–Crippen MR) is 151 cm³/mol. The zero-order valence-electron chi connectivity index (χ0n) is 21.6. The molecule has 0 atom stereocenters. The van der Waals surface area contributed by atoms with Crippen molar-refractivity contribution in [2.45, 2.75) is 26.5 Å². The number of rotatable bonds is 10. The molecule has 0 unspecified atom stereocenters. The summed E-state index contributed by atoms with van der Waals surface area (Å²) in [6.45, 7) is 7.36. The van der Waals surface area contributed by atoms with Crippen LogP contribution in [-0.4, -0.2) is 47.8 Å². The molecule has 38 heavy (non-hydrogen) atoms. The second-order valence-electron chi connectivity index (χ2n) is 9.14. The first-order valence-electron chi connectivity index (χ1n) is 12.8. The number of anilines is 2. The van der Waals surface area contributed by atoms with Gasteiger partial charge in [-0.1, -0.05) is 30.3 Å². The van der Waals surface area contributed by atoms with E-state index in [1.54, 1.807) is 17.5 Å². The Morgan fingerprint density at radius 2 is 1.74 bits per heavy atom. The van der Waals surface area contributed by atoms with Gasteiger partial charge in [0.15, 0.2) is 0 Å². The number of nitrogens with zero attached hydrogens (tertiary/aromatic N) is 3. The van der Waals surface area contributed by atoms with E-state index < -0.39 is 0 Å². The molecule has 4 N–H and O–H groups in total. The highest BCUT2D eigenvalue weighted by molar-refractivity contribution is 7.15. The molecule has 0 radical (unpaired) electrons. The molecular weight excluding hydrogens is 498 g/mol. The van der Waals surface area contributed by atoms with Gasteiger partial charge in [-0.25, -0.2) is 4.98 Å². The summed E-state index contributed by atoms with van der Waals surface area (Å²) >= 11 is 1.77. The average molecular weight is 532 g/mol. The van der Waals surface area contributed by atoms with Crippen molar-refractivity contribution in [3.05, 3.63) is 82.4 Å². The third kappa shape index (κ3) is 6.42. The number of benzene rings is 2. The molecule has 1 fully saturated rings. The summed E-state index contributed by atoms with van der Waals surface area (Å²) < 4.78 is 18.2. The smallest absolute Gasteiger partial charge is 0.221 e. The number of aromatic nitrogens is 2. The molecule has 0 bridgehead atoms. The van der Waals surface area contributed by atoms with Crippen LogP contribution in [0.4, 0.5) is 11.8 Å². The van der Waals surface area contributed by atoms with Crippen molar-refractivity contribution < 1.29 is 14.2 Å². The molecule has 1 aliphatic heterocycles. The standard InChI is InChI=1S/C29H33N5O3S/c1-2-36-24-15-21(14-22-17-32-29(31)33-28(22)30)16-25(37-19-20-6-4-3-5-7-20)27(24)26-9-8-23(38-26)18-34-10-12-35-13-11-34/h3-9,15-17H,2,10-14,18-19H2,1H3,(H4,30,31,32,33). The van der Waals surface area contributed by atoms with Crippen LogP contribution >= 0.6 is 11.3 Å². The Kier molecular flexibility index (Phi) is 8.37. The number of nitrogens with two attached hydrogens (primary N) is 2. The quantitative estimate of drug-likeness (QED) is 0.301. The maximum atomic E-state index is 6.47. The number of nitrogen functional groups attached to an aromatic ring is 2. The van der Waals surface area contributed by atoms with Crippen LogP contribution in [0.1, 0.15) is 28.5 Å². The van der Waals surface area contributed by atoms with Gasteiger partial charge in [0.2, 0.25) is 5.95 Å². The molecule has 2 aromatic carbocycles. The maximum absolute atomic E-state index is 6.47. The molecule has 4 aromatic rings. The highest BCUT2D eigenvalue weighted by Crippen LogP contribution is 2.44. The van der Waals surface area contributed by atoms with Crippen molar-refractivity contribution in [3.8, 4) is 21.9 Å². The van der Waals surface area contributed by atoms with E-state index in [1.165, 1.54) is 4.88 Å². The summed E-state index contributed by atoms with van der Waals surface area (Å²) in [6, 6.07) is 18.7. The minimum absolute atomic E-state index is 0.161. The molecule has 3 heterocycles. The van der Waals surface area contributed by atoms with Crippen molar-refractivity contribution in [1.29, 1.82) is 0 Å². The zero-order valence-corrected chi connectivity index (χ0v) is 22.4. The first kappa shape index (κ1) is 26.0. The van der Waals surface area contributed by atoms with Gasteiger partial charge < -0.3 is 25.7 Å². The van der Waals surface area contributed by atoms with Gasteiger partial charge in [0.05, 0.1) is 25.4 Å². The van der Waals surface area contributed by atoms with Gasteiger partial charge in [-0.15, -0.1) is 11.3 Å². The van der Waals surface area contributed by atoms with Crippen molar-refractivity contribution >= 4 is 23.1 Å². The lowest BCUT2D eigenvalue weighted by atomic mass is 10.0. The number of hydrogen-bond donors (Lipinski definition) is 2. The number of hydrogen-bond acceptors (Lipinski definition) is 9. The molecule has 2 aromatic heterocycles. The Hall–Kier alpha value is -3.66. The van der Waals surface area contributed by atoms with E-state index in [2.05, 4.69) is 51.3 Å². The fraction of sp³-hybridized carbons (Fsp3) is 0.310. The molecule has 5 rings (SSSR count). The van der Waals surface area contributed by atoms with Gasteiger partial charge in [0, 0.05) is 47.6 Å². The van der Waals surface area contributed by atoms with Crippen LogP contribution in [-0.2, 0) is 24.3 Å². The lowest BCUT2D eigenvalue weighted by molar-refractivity contribution is 0.0346. The zero-order chi connectivity index (χ0) is 26.3. The van der Waals surface area contributed by atoms with Gasteiger partial charge in [0.1, 0.15) is 23.9 Å². The van der Waals surface area contributed by atoms with E-state index in [-0.39, 0.29) is 5.95 Å². The molecule has 0 amide bonds. The molecule has 1 saturated heterocycles. The molecular formula is C29H33N5O3S. The van der Waals surface area contributed by atoms with Crippen LogP contribution < -0.4 is 20.9 Å². The first-order chi connectivity index (χ1) is 18.6. The van der Waals surface area contributed by atoms with Crippen molar-refractivity contribution in [1.82, 2.24) is 14.9 Å². The van der Waals surface area contributed by atoms with Gasteiger partial charge in [0.25, 0.3) is 0 Å². The van der Waals surface area contributed by atoms with E-state index >= 15 is 0 Å². The van der Waals surface area contributed by atoms with Crippen molar-refractivity contribution in [2.75, 3.05) is 44.4 Å². The molecule has 0 spiro atoms. The average Bonchev–Trinajstić information content (AvgIpc) is 3.38. The Balaban J connectivity index is 1.50. The number of thiophene rings is 1. The molecule has 9 heteroatoms. The second-order valence-corrected chi connectivity index (χ2v) is 10.3. The Morgan fingerprint density at radius 1 is 0.974 bits per heavy atom. The van der Waals surface area contributed by atoms with Gasteiger partial charge in [-0.3, -0.25) is 4.90 Å². The van der Waals surface area contributed by atoms with E-state index in [0.717, 1.165) is 71.5 Å². The van der Waals surface area contributed by atoms with Crippen LogP contribution in [0.3, 0.4) is 0 Å². The van der Waals surface area contributed by atoms with E-state index in [4.69, 9.17) is 25.7 Å². The summed E-state index contributed by atoms with van der Waals surface area (Å²) in [7, 11) is 0. The predicted octanol–water partition coefficient (Wildman–Crippen LogP) is 4.77. The topological polar surface area (TPSA) is 109 Å². The van der Waals surface area contributed by atoms with E-state index in [9.17, 15) is 0 Å². The Morgan fingerprint density at radius 3 is 2.47 bits per heavy atom. The van der Waals surface area contributed by atoms with Gasteiger partial charge >= 0.3 is 0 Å². The normalized spacial score (nSPS) is 13.9. The van der Waals surface area contributed by atoms with Crippen LogP contribution in [0.25, 0.3) is 10.4 Å². The van der Waals surface area contributed by atoms with E-state index in [1.807, 2.05) is 25.1 Å². The highest BCUT2D eigenvalue weighted by Gasteiger charge is 2.20. The third-order valence-electron chi connectivity index (χ3n) is 6.37. The summed E-state index contributed by atoms with van der Waals surface area (Å²) in [5.41, 5.74) is 15.7. The largest absolute Gasteiger partial charge is 0.493 e. The molecule has 1 aliphatic rings. The van der Waals surface area contributed by atoms with Crippen LogP contribution in [0, 0.1) is 0 Å². The Bertz CT molecular complexity index is 1360. The maximum Gasteiger partial charge on any atom is 0.221 e. The van der Waals surface area contributed by atoms with Crippen molar-refractivity contribution in [3.63, 3.8) is 0 Å². The molecule has 0 saturated carbocycles. The minimum atomic E-state index is 0.161. The van der Waals surface area contributed by atoms with E-state index in [0.29, 0.717) is 25.5 Å². The molecule has 8 nitrogen and oxygen atoms in total. The summed E-state index contributed by atoms with van der Waals surface area (Å²) in [6.07, 6.45) is 2.20. The number of ether oxygens (including phenoxy) is 3. The Labute approximate surface area is 227 Å². The third-order valence-corrected chi connectivity index (χ3v) is 7.45. The summed E-state index contributed by atoms with van der Waals surface area (Å²) in [5.74, 6) is 2.08. The fourth-order valence-corrected chi connectivity index (χ4v) is 5.58. The summed E-state index contributed by atoms with van der Waals surface area (Å²) in [5, 5.41) is 0. The first-order valence-corrected chi connectivity index (χ1v) is 13.6. The lowest BCUT2D eigenvalue weighted by Gasteiger charge is -2.25. The molecule has 198 valence electrons. The van der Waals surface area contributed by atoms with Gasteiger partial charge in [-0.05, 0) is 42.3 Å². The van der Waals surface area contributed by atoms with Crippen LogP contribution in [0.15, 0.2) is 60.8 Å². The molecule has 0 aliphatic carbocycles. The fourth-order valence-electron chi connectivity index (χ4n) is 4.47. The van der Waals surface area contributed by atoms with Crippen LogP contribution in [0.2, 0.25) is 0 Å². The second kappa shape index (κ2) is 12.3. The monoisotopic (exact) mass is 531 g/mol. The highest BCUT2D eigenvalue weighted by atomic mass is 32.1. The number of morpholine rings is 1. The van der Waals surface area contributed by atoms with Crippen LogP contribution in [0.5, 0.6) is 11.5 Å². The SMILES string of the molecule is CCOc1cc(Cc2cnc(N)nc2N)cc(OCc2ccccc2)c1-c1ccc(CN2CCOCC2)s1. The lowest BCUT2D eigenvalue weighted by Crippen LogP contribution is -2.35. The van der Waals surface area contributed by atoms with Gasteiger partial charge in [-0.2, -0.15) is 4.98 Å². The van der Waals surface area contributed by atoms with Crippen molar-refractivity contribution in [2.24, 2.45) is 0 Å². The summed E-state index contributed by atoms with van der Waals surface area (Å²) in [4.78, 5) is 13.1. The minimum Gasteiger partial charge on any atom is -0.493 e.